The molecule has 0 saturated carbocycles. The van der Waals surface area contributed by atoms with Crippen molar-refractivity contribution in [1.82, 2.24) is 20.2 Å². The van der Waals surface area contributed by atoms with Crippen molar-refractivity contribution in [3.8, 4) is 0 Å². The normalized spacial score (nSPS) is 19.1. The van der Waals surface area contributed by atoms with Crippen molar-refractivity contribution < 1.29 is 9.53 Å². The highest BCUT2D eigenvalue weighted by molar-refractivity contribution is 5.79. The van der Waals surface area contributed by atoms with E-state index >= 15 is 0 Å². The number of carbonyl (C=O) groups excluding carboxylic acids is 1. The van der Waals surface area contributed by atoms with E-state index in [9.17, 15) is 4.79 Å². The quantitative estimate of drug-likeness (QED) is 0.699. The smallest absolute Gasteiger partial charge is 0.223 e. The topological polar surface area (TPSA) is 73.8 Å². The fraction of sp³-hybridized carbons (Fsp3) is 0.737. The predicted molar refractivity (Wildman–Crippen MR) is 106 cm³/mol. The van der Waals surface area contributed by atoms with Crippen molar-refractivity contribution in [3.05, 3.63) is 12.5 Å². The van der Waals surface area contributed by atoms with E-state index in [0.29, 0.717) is 0 Å². The van der Waals surface area contributed by atoms with E-state index in [2.05, 4.69) is 25.1 Å². The number of nitrogens with one attached hydrogen (secondary N) is 1. The first-order chi connectivity index (χ1) is 13.1. The molecule has 0 unspecified atom stereocenters. The summed E-state index contributed by atoms with van der Waals surface area (Å²) in [5.41, 5.74) is 1.05. The molecule has 150 valence electrons. The monoisotopic (exact) mass is 376 g/mol. The minimum Gasteiger partial charge on any atom is -0.379 e. The van der Waals surface area contributed by atoms with E-state index in [0.717, 1.165) is 83.3 Å². The van der Waals surface area contributed by atoms with Crippen LogP contribution < -0.4 is 15.1 Å². The number of carbonyl (C=O) groups is 1. The lowest BCUT2D eigenvalue weighted by molar-refractivity contribution is -0.125. The zero-order chi connectivity index (χ0) is 19.1. The number of morpholine rings is 1. The van der Waals surface area contributed by atoms with Gasteiger partial charge in [0.05, 0.1) is 25.1 Å². The lowest BCUT2D eigenvalue weighted by Crippen LogP contribution is -2.42. The Hall–Kier alpha value is -1.93. The van der Waals surface area contributed by atoms with Gasteiger partial charge >= 0.3 is 0 Å². The van der Waals surface area contributed by atoms with Gasteiger partial charge < -0.3 is 19.9 Å². The molecule has 0 atom stereocenters. The largest absolute Gasteiger partial charge is 0.379 e. The molecule has 0 bridgehead atoms. The van der Waals surface area contributed by atoms with Crippen LogP contribution in [0.25, 0.3) is 0 Å². The van der Waals surface area contributed by atoms with Crippen LogP contribution in [0.4, 0.5) is 11.5 Å². The van der Waals surface area contributed by atoms with Crippen LogP contribution in [-0.2, 0) is 9.53 Å². The maximum Gasteiger partial charge on any atom is 0.223 e. The molecule has 0 radical (unpaired) electrons. The van der Waals surface area contributed by atoms with Gasteiger partial charge in [0, 0.05) is 52.7 Å². The molecule has 0 aliphatic carbocycles. The van der Waals surface area contributed by atoms with Crippen LogP contribution in [0.1, 0.15) is 19.3 Å². The number of aromatic nitrogens is 2. The van der Waals surface area contributed by atoms with E-state index in [1.165, 1.54) is 0 Å². The third-order valence-electron chi connectivity index (χ3n) is 5.36. The molecule has 27 heavy (non-hydrogen) atoms. The fourth-order valence-corrected chi connectivity index (χ4v) is 3.75. The lowest BCUT2D eigenvalue weighted by Gasteiger charge is -2.34. The van der Waals surface area contributed by atoms with Gasteiger partial charge in [-0.3, -0.25) is 9.69 Å². The SMILES string of the molecule is CN(C)c1ncncc1N1CCC(C(=O)NCCCN2CCOCC2)CC1. The molecule has 1 amide bonds. The molecule has 8 heteroatoms. The zero-order valence-electron chi connectivity index (χ0n) is 16.6. The molecule has 1 aromatic rings. The summed E-state index contributed by atoms with van der Waals surface area (Å²) < 4.78 is 5.36. The molecule has 0 aromatic carbocycles. The number of hydrogen-bond donors (Lipinski definition) is 1. The highest BCUT2D eigenvalue weighted by Crippen LogP contribution is 2.28. The van der Waals surface area contributed by atoms with E-state index in [1.807, 2.05) is 25.2 Å². The van der Waals surface area contributed by atoms with Crippen LogP contribution in [-0.4, -0.2) is 87.4 Å². The molecule has 8 nitrogen and oxygen atoms in total. The van der Waals surface area contributed by atoms with Crippen molar-refractivity contribution >= 4 is 17.4 Å². The van der Waals surface area contributed by atoms with Gasteiger partial charge in [-0.1, -0.05) is 0 Å². The van der Waals surface area contributed by atoms with Crippen LogP contribution in [0.5, 0.6) is 0 Å². The van der Waals surface area contributed by atoms with Gasteiger partial charge in [0.1, 0.15) is 6.33 Å². The Morgan fingerprint density at radius 3 is 2.70 bits per heavy atom. The zero-order valence-corrected chi connectivity index (χ0v) is 16.6. The number of anilines is 2. The first-order valence-electron chi connectivity index (χ1n) is 9.95. The summed E-state index contributed by atoms with van der Waals surface area (Å²) in [4.78, 5) is 27.7. The first-order valence-corrected chi connectivity index (χ1v) is 9.95. The summed E-state index contributed by atoms with van der Waals surface area (Å²) in [5.74, 6) is 1.24. The van der Waals surface area contributed by atoms with Crippen molar-refractivity contribution in [2.45, 2.75) is 19.3 Å². The van der Waals surface area contributed by atoms with Gasteiger partial charge in [-0.15, -0.1) is 0 Å². The molecule has 1 aromatic heterocycles. The van der Waals surface area contributed by atoms with E-state index in [4.69, 9.17) is 4.74 Å². The Labute approximate surface area is 161 Å². The highest BCUT2D eigenvalue weighted by Gasteiger charge is 2.26. The summed E-state index contributed by atoms with van der Waals surface area (Å²) >= 11 is 0. The Kier molecular flexibility index (Phi) is 7.23. The van der Waals surface area contributed by atoms with Gasteiger partial charge in [0.2, 0.25) is 5.91 Å². The molecule has 3 heterocycles. The molecule has 0 spiro atoms. The molecular weight excluding hydrogens is 344 g/mol. The molecule has 2 aliphatic rings. The van der Waals surface area contributed by atoms with Crippen molar-refractivity contribution in [2.75, 3.05) is 76.4 Å². The van der Waals surface area contributed by atoms with Crippen LogP contribution >= 0.6 is 0 Å². The van der Waals surface area contributed by atoms with Crippen molar-refractivity contribution in [1.29, 1.82) is 0 Å². The summed E-state index contributed by atoms with van der Waals surface area (Å²) in [6, 6.07) is 0. The maximum absolute atomic E-state index is 12.5. The fourth-order valence-electron chi connectivity index (χ4n) is 3.75. The minimum absolute atomic E-state index is 0.108. The maximum atomic E-state index is 12.5. The van der Waals surface area contributed by atoms with E-state index < -0.39 is 0 Å². The van der Waals surface area contributed by atoms with Gasteiger partial charge in [-0.25, -0.2) is 9.97 Å². The van der Waals surface area contributed by atoms with Crippen LogP contribution in [0.3, 0.4) is 0 Å². The molecule has 2 saturated heterocycles. The van der Waals surface area contributed by atoms with Gasteiger partial charge in [0.25, 0.3) is 0 Å². The number of nitrogens with zero attached hydrogens (tertiary/aromatic N) is 5. The Balaban J connectivity index is 1.39. The van der Waals surface area contributed by atoms with Crippen LogP contribution in [0, 0.1) is 5.92 Å². The summed E-state index contributed by atoms with van der Waals surface area (Å²) in [5, 5.41) is 3.13. The molecule has 3 rings (SSSR count). The number of rotatable bonds is 7. The number of piperidine rings is 1. The average molecular weight is 377 g/mol. The highest BCUT2D eigenvalue weighted by atomic mass is 16.5. The minimum atomic E-state index is 0.108. The lowest BCUT2D eigenvalue weighted by atomic mass is 9.95. The standard InChI is InChI=1S/C19H32N6O2/c1-23(2)18-17(14-20-15-22-18)25-8-4-16(5-9-25)19(26)21-6-3-7-24-10-12-27-13-11-24/h14-16H,3-13H2,1-2H3,(H,21,26). The summed E-state index contributed by atoms with van der Waals surface area (Å²) in [6.07, 6.45) is 6.19. The van der Waals surface area contributed by atoms with Gasteiger partial charge in [0.15, 0.2) is 5.82 Å². The molecule has 1 N–H and O–H groups in total. The molecule has 2 fully saturated rings. The van der Waals surface area contributed by atoms with Crippen molar-refractivity contribution in [2.24, 2.45) is 5.92 Å². The third-order valence-corrected chi connectivity index (χ3v) is 5.36. The van der Waals surface area contributed by atoms with E-state index in [1.54, 1.807) is 6.33 Å². The Morgan fingerprint density at radius 2 is 2.00 bits per heavy atom. The van der Waals surface area contributed by atoms with Crippen LogP contribution in [0.15, 0.2) is 12.5 Å². The number of ether oxygens (including phenoxy) is 1. The van der Waals surface area contributed by atoms with Gasteiger partial charge in [-0.05, 0) is 25.8 Å². The average Bonchev–Trinajstić information content (AvgIpc) is 2.72. The second-order valence-electron chi connectivity index (χ2n) is 7.49. The Morgan fingerprint density at radius 1 is 1.26 bits per heavy atom. The Bertz CT molecular complexity index is 598. The van der Waals surface area contributed by atoms with Crippen molar-refractivity contribution in [3.63, 3.8) is 0 Å². The summed E-state index contributed by atoms with van der Waals surface area (Å²) in [6.45, 7) is 7.17. The van der Waals surface area contributed by atoms with E-state index in [-0.39, 0.29) is 11.8 Å². The molecule has 2 aliphatic heterocycles. The first kappa shape index (κ1) is 19.8. The van der Waals surface area contributed by atoms with Gasteiger partial charge in [-0.2, -0.15) is 0 Å². The molecular formula is C19H32N6O2. The predicted octanol–water partition coefficient (Wildman–Crippen LogP) is 0.598. The second kappa shape index (κ2) is 9.85. The number of hydrogen-bond acceptors (Lipinski definition) is 7. The second-order valence-corrected chi connectivity index (χ2v) is 7.49. The van der Waals surface area contributed by atoms with Crippen LogP contribution in [0.2, 0.25) is 0 Å². The summed E-state index contributed by atoms with van der Waals surface area (Å²) in [7, 11) is 3.98. The third kappa shape index (κ3) is 5.52. The number of amides is 1.